The molecule has 0 aromatic heterocycles. The van der Waals surface area contributed by atoms with Gasteiger partial charge in [0.2, 0.25) is 15.9 Å². The summed E-state index contributed by atoms with van der Waals surface area (Å²) < 4.78 is 39.7. The van der Waals surface area contributed by atoms with Crippen LogP contribution in [0.1, 0.15) is 12.8 Å². The molecule has 1 heterocycles. The Bertz CT molecular complexity index is 573. The number of rotatable bonds is 3. The fourth-order valence-electron chi connectivity index (χ4n) is 1.86. The van der Waals surface area contributed by atoms with Gasteiger partial charge in [-0.3, -0.25) is 4.79 Å². The third-order valence-corrected chi connectivity index (χ3v) is 4.29. The molecule has 1 aliphatic heterocycles. The molecule has 6 nitrogen and oxygen atoms in total. The van der Waals surface area contributed by atoms with Crippen LogP contribution >= 0.6 is 0 Å². The predicted octanol–water partition coefficient (Wildman–Crippen LogP) is -0.0352. The molecule has 104 valence electrons. The van der Waals surface area contributed by atoms with E-state index in [1.54, 1.807) is 0 Å². The second kappa shape index (κ2) is 5.14. The number of anilines is 1. The van der Waals surface area contributed by atoms with Crippen molar-refractivity contribution >= 4 is 21.6 Å². The van der Waals surface area contributed by atoms with Gasteiger partial charge in [0.15, 0.2) is 0 Å². The molecule has 1 amide bonds. The summed E-state index contributed by atoms with van der Waals surface area (Å²) in [6.45, 7) is 0.225. The van der Waals surface area contributed by atoms with Crippen LogP contribution in [0, 0.1) is 5.82 Å². The van der Waals surface area contributed by atoms with E-state index >= 15 is 0 Å². The first-order chi connectivity index (χ1) is 8.87. The van der Waals surface area contributed by atoms with Gasteiger partial charge in [0.25, 0.3) is 0 Å². The maximum atomic E-state index is 13.2. The zero-order chi connectivity index (χ0) is 14.0. The number of benzene rings is 1. The SMILES string of the molecule is Nc1cc(F)cc(S(=O)(=O)NC2CCC(=O)NC2)c1. The summed E-state index contributed by atoms with van der Waals surface area (Å²) in [5.74, 6) is -0.817. The number of carbonyl (C=O) groups is 1. The van der Waals surface area contributed by atoms with Crippen molar-refractivity contribution in [3.63, 3.8) is 0 Å². The highest BCUT2D eigenvalue weighted by molar-refractivity contribution is 7.89. The highest BCUT2D eigenvalue weighted by Gasteiger charge is 2.24. The van der Waals surface area contributed by atoms with Gasteiger partial charge >= 0.3 is 0 Å². The summed E-state index contributed by atoms with van der Waals surface area (Å²) in [4.78, 5) is 10.8. The van der Waals surface area contributed by atoms with E-state index in [0.717, 1.165) is 12.1 Å². The molecule has 1 saturated heterocycles. The standard InChI is InChI=1S/C11H14FN3O3S/c12-7-3-8(13)5-10(4-7)19(17,18)15-9-1-2-11(16)14-6-9/h3-5,9,15H,1-2,6,13H2,(H,14,16). The minimum atomic E-state index is -3.84. The van der Waals surface area contributed by atoms with Gasteiger partial charge in [-0.1, -0.05) is 0 Å². The maximum absolute atomic E-state index is 13.2. The van der Waals surface area contributed by atoms with Crippen LogP contribution in [0.3, 0.4) is 0 Å². The van der Waals surface area contributed by atoms with Crippen molar-refractivity contribution in [3.05, 3.63) is 24.0 Å². The quantitative estimate of drug-likeness (QED) is 0.679. The molecule has 1 aromatic carbocycles. The van der Waals surface area contributed by atoms with Crippen molar-refractivity contribution in [2.45, 2.75) is 23.8 Å². The zero-order valence-electron chi connectivity index (χ0n) is 10.0. The molecule has 1 unspecified atom stereocenters. The van der Waals surface area contributed by atoms with Crippen molar-refractivity contribution in [2.24, 2.45) is 0 Å². The third kappa shape index (κ3) is 3.42. The molecule has 8 heteroatoms. The molecular formula is C11H14FN3O3S. The number of nitrogens with one attached hydrogen (secondary N) is 2. The Morgan fingerprint density at radius 3 is 2.68 bits per heavy atom. The normalized spacial score (nSPS) is 20.1. The van der Waals surface area contributed by atoms with Gasteiger partial charge in [-0.2, -0.15) is 0 Å². The summed E-state index contributed by atoms with van der Waals surface area (Å²) >= 11 is 0. The number of hydrogen-bond acceptors (Lipinski definition) is 4. The Kier molecular flexibility index (Phi) is 3.72. The monoisotopic (exact) mass is 287 g/mol. The average molecular weight is 287 g/mol. The van der Waals surface area contributed by atoms with E-state index in [1.807, 2.05) is 0 Å². The third-order valence-electron chi connectivity index (χ3n) is 2.79. The molecule has 2 rings (SSSR count). The molecule has 1 aromatic rings. The molecule has 1 atom stereocenters. The molecule has 1 aliphatic rings. The second-order valence-corrected chi connectivity index (χ2v) is 6.10. The number of nitrogens with two attached hydrogens (primary N) is 1. The number of nitrogen functional groups attached to an aromatic ring is 1. The van der Waals surface area contributed by atoms with Gasteiger partial charge in [-0.15, -0.1) is 0 Å². The second-order valence-electron chi connectivity index (χ2n) is 4.38. The van der Waals surface area contributed by atoms with E-state index < -0.39 is 21.9 Å². The Hall–Kier alpha value is -1.67. The van der Waals surface area contributed by atoms with Crippen molar-refractivity contribution in [2.75, 3.05) is 12.3 Å². The van der Waals surface area contributed by atoms with Crippen molar-refractivity contribution < 1.29 is 17.6 Å². The molecule has 0 radical (unpaired) electrons. The van der Waals surface area contributed by atoms with Gasteiger partial charge in [0, 0.05) is 24.7 Å². The molecule has 0 spiro atoms. The summed E-state index contributed by atoms with van der Waals surface area (Å²) in [6, 6.07) is 2.74. The first-order valence-electron chi connectivity index (χ1n) is 5.72. The van der Waals surface area contributed by atoms with E-state index in [1.165, 1.54) is 6.07 Å². The Morgan fingerprint density at radius 1 is 1.37 bits per heavy atom. The van der Waals surface area contributed by atoms with Crippen LogP contribution in [0.25, 0.3) is 0 Å². The molecule has 0 bridgehead atoms. The molecule has 0 aliphatic carbocycles. The van der Waals surface area contributed by atoms with Gasteiger partial charge in [-0.05, 0) is 24.6 Å². The Morgan fingerprint density at radius 2 is 2.11 bits per heavy atom. The van der Waals surface area contributed by atoms with E-state index in [-0.39, 0.29) is 29.5 Å². The average Bonchev–Trinajstić information content (AvgIpc) is 2.31. The number of hydrogen-bond donors (Lipinski definition) is 3. The van der Waals surface area contributed by atoms with Crippen LogP contribution in [0.4, 0.5) is 10.1 Å². The topological polar surface area (TPSA) is 101 Å². The van der Waals surface area contributed by atoms with E-state index in [9.17, 15) is 17.6 Å². The van der Waals surface area contributed by atoms with Crippen LogP contribution in [0.15, 0.2) is 23.1 Å². The van der Waals surface area contributed by atoms with Crippen LogP contribution in [-0.4, -0.2) is 26.9 Å². The summed E-state index contributed by atoms with van der Waals surface area (Å²) in [5, 5.41) is 2.56. The highest BCUT2D eigenvalue weighted by atomic mass is 32.2. The minimum absolute atomic E-state index is 0.0392. The first-order valence-corrected chi connectivity index (χ1v) is 7.20. The molecule has 1 fully saturated rings. The van der Waals surface area contributed by atoms with E-state index in [2.05, 4.69) is 10.0 Å². The Balaban J connectivity index is 2.16. The maximum Gasteiger partial charge on any atom is 0.241 e. The molecule has 0 saturated carbocycles. The molecule has 19 heavy (non-hydrogen) atoms. The zero-order valence-corrected chi connectivity index (χ0v) is 10.8. The minimum Gasteiger partial charge on any atom is -0.399 e. The lowest BCUT2D eigenvalue weighted by Gasteiger charge is -2.23. The number of piperidine rings is 1. The summed E-state index contributed by atoms with van der Waals surface area (Å²) in [7, 11) is -3.84. The number of carbonyl (C=O) groups excluding carboxylic acids is 1. The van der Waals surface area contributed by atoms with E-state index in [0.29, 0.717) is 6.42 Å². The highest BCUT2D eigenvalue weighted by Crippen LogP contribution is 2.17. The van der Waals surface area contributed by atoms with Crippen molar-refractivity contribution in [3.8, 4) is 0 Å². The Labute approximate surface area is 110 Å². The van der Waals surface area contributed by atoms with Gasteiger partial charge in [0.05, 0.1) is 4.90 Å². The van der Waals surface area contributed by atoms with Gasteiger partial charge in [-0.25, -0.2) is 17.5 Å². The lowest BCUT2D eigenvalue weighted by atomic mass is 10.1. The van der Waals surface area contributed by atoms with E-state index in [4.69, 9.17) is 5.73 Å². The first kappa shape index (κ1) is 13.8. The lowest BCUT2D eigenvalue weighted by Crippen LogP contribution is -2.47. The summed E-state index contributed by atoms with van der Waals surface area (Å²) in [6.07, 6.45) is 0.675. The van der Waals surface area contributed by atoms with Gasteiger partial charge in [0.1, 0.15) is 5.82 Å². The number of amides is 1. The van der Waals surface area contributed by atoms with Crippen LogP contribution in [0.5, 0.6) is 0 Å². The number of sulfonamides is 1. The molecular weight excluding hydrogens is 273 g/mol. The van der Waals surface area contributed by atoms with Crippen LogP contribution < -0.4 is 15.8 Å². The van der Waals surface area contributed by atoms with Crippen molar-refractivity contribution in [1.29, 1.82) is 0 Å². The van der Waals surface area contributed by atoms with Crippen LogP contribution in [-0.2, 0) is 14.8 Å². The predicted molar refractivity (Wildman–Crippen MR) is 67.2 cm³/mol. The fraction of sp³-hybridized carbons (Fsp3) is 0.364. The molecule has 4 N–H and O–H groups in total. The fourth-order valence-corrected chi connectivity index (χ4v) is 3.20. The van der Waals surface area contributed by atoms with Crippen LogP contribution in [0.2, 0.25) is 0 Å². The van der Waals surface area contributed by atoms with Crippen molar-refractivity contribution in [1.82, 2.24) is 10.0 Å². The smallest absolute Gasteiger partial charge is 0.241 e. The largest absolute Gasteiger partial charge is 0.399 e. The summed E-state index contributed by atoms with van der Waals surface area (Å²) in [5.41, 5.74) is 5.46. The number of halogens is 1. The lowest BCUT2D eigenvalue weighted by molar-refractivity contribution is -0.122. The van der Waals surface area contributed by atoms with Gasteiger partial charge < -0.3 is 11.1 Å².